The van der Waals surface area contributed by atoms with Gasteiger partial charge in [0.15, 0.2) is 5.79 Å². The van der Waals surface area contributed by atoms with Crippen LogP contribution in [0.25, 0.3) is 0 Å². The summed E-state index contributed by atoms with van der Waals surface area (Å²) in [6.07, 6.45) is 4.15. The summed E-state index contributed by atoms with van der Waals surface area (Å²) in [4.78, 5) is 0. The van der Waals surface area contributed by atoms with E-state index in [0.717, 1.165) is 32.6 Å². The molecule has 15 heavy (non-hydrogen) atoms. The van der Waals surface area contributed by atoms with Crippen molar-refractivity contribution in [2.45, 2.75) is 25.6 Å². The van der Waals surface area contributed by atoms with Crippen molar-refractivity contribution in [1.82, 2.24) is 5.32 Å². The Labute approximate surface area is 91.8 Å². The summed E-state index contributed by atoms with van der Waals surface area (Å²) in [5.41, 5.74) is 0.0139. The maximum Gasteiger partial charge on any atom is 0.175 e. The van der Waals surface area contributed by atoms with Crippen LogP contribution in [0, 0.1) is 11.3 Å². The molecule has 3 heteroatoms. The second-order valence-electron chi connectivity index (χ2n) is 4.78. The van der Waals surface area contributed by atoms with E-state index in [0.29, 0.717) is 5.92 Å². The Balaban J connectivity index is 2.28. The normalized spacial score (nSPS) is 38.7. The highest BCUT2D eigenvalue weighted by Crippen LogP contribution is 2.54. The topological polar surface area (TPSA) is 30.5 Å². The van der Waals surface area contributed by atoms with Crippen LogP contribution in [0.2, 0.25) is 0 Å². The van der Waals surface area contributed by atoms with Crippen molar-refractivity contribution in [3.63, 3.8) is 0 Å². The lowest BCUT2D eigenvalue weighted by Gasteiger charge is -2.41. The molecule has 0 aromatic rings. The predicted molar refractivity (Wildman–Crippen MR) is 59.6 cm³/mol. The fourth-order valence-corrected chi connectivity index (χ4v) is 3.17. The van der Waals surface area contributed by atoms with E-state index in [4.69, 9.17) is 9.47 Å². The van der Waals surface area contributed by atoms with Gasteiger partial charge in [-0.05, 0) is 19.4 Å². The molecule has 2 fully saturated rings. The Morgan fingerprint density at radius 2 is 2.13 bits per heavy atom. The van der Waals surface area contributed by atoms with E-state index in [1.165, 1.54) is 0 Å². The lowest BCUT2D eigenvalue weighted by Crippen LogP contribution is -2.51. The van der Waals surface area contributed by atoms with Crippen LogP contribution < -0.4 is 5.32 Å². The van der Waals surface area contributed by atoms with Crippen LogP contribution in [-0.4, -0.2) is 32.6 Å². The molecule has 1 N–H and O–H groups in total. The summed E-state index contributed by atoms with van der Waals surface area (Å²) in [5.74, 6) is 0.109. The number of nitrogens with one attached hydrogen (secondary N) is 1. The number of rotatable bonds is 3. The van der Waals surface area contributed by atoms with Crippen molar-refractivity contribution >= 4 is 0 Å². The van der Waals surface area contributed by atoms with Gasteiger partial charge in [-0.25, -0.2) is 0 Å². The molecule has 1 aliphatic carbocycles. The second kappa shape index (κ2) is 3.89. The van der Waals surface area contributed by atoms with Crippen molar-refractivity contribution in [3.8, 4) is 0 Å². The van der Waals surface area contributed by atoms with E-state index in [1.807, 2.05) is 7.05 Å². The van der Waals surface area contributed by atoms with Crippen molar-refractivity contribution in [1.29, 1.82) is 0 Å². The van der Waals surface area contributed by atoms with Gasteiger partial charge in [-0.15, -0.1) is 6.58 Å². The van der Waals surface area contributed by atoms with Gasteiger partial charge < -0.3 is 14.8 Å². The van der Waals surface area contributed by atoms with E-state index < -0.39 is 0 Å². The van der Waals surface area contributed by atoms with Gasteiger partial charge in [0, 0.05) is 18.4 Å². The Kier molecular flexibility index (Phi) is 2.88. The zero-order valence-corrected chi connectivity index (χ0v) is 9.71. The van der Waals surface area contributed by atoms with E-state index in [9.17, 15) is 0 Å². The molecule has 0 amide bonds. The maximum atomic E-state index is 5.89. The van der Waals surface area contributed by atoms with Gasteiger partial charge in [0.2, 0.25) is 0 Å². The van der Waals surface area contributed by atoms with Crippen LogP contribution in [0.5, 0.6) is 0 Å². The van der Waals surface area contributed by atoms with Crippen LogP contribution >= 0.6 is 0 Å². The molecule has 1 saturated carbocycles. The molecule has 2 rings (SSSR count). The molecule has 1 saturated heterocycles. The van der Waals surface area contributed by atoms with Gasteiger partial charge in [-0.2, -0.15) is 0 Å². The van der Waals surface area contributed by atoms with E-state index in [1.54, 1.807) is 0 Å². The minimum absolute atomic E-state index is 0.0139. The molecule has 1 aliphatic heterocycles. The molecule has 0 bridgehead atoms. The summed E-state index contributed by atoms with van der Waals surface area (Å²) < 4.78 is 11.8. The van der Waals surface area contributed by atoms with Gasteiger partial charge in [-0.1, -0.05) is 13.0 Å². The average Bonchev–Trinajstić information content (AvgIpc) is 2.77. The highest BCUT2D eigenvalue weighted by Gasteiger charge is 2.59. The van der Waals surface area contributed by atoms with Gasteiger partial charge >= 0.3 is 0 Å². The number of allylic oxidation sites excluding steroid dienone is 1. The predicted octanol–water partition coefficient (Wildman–Crippen LogP) is 1.55. The van der Waals surface area contributed by atoms with Gasteiger partial charge in [-0.3, -0.25) is 0 Å². The molecule has 1 heterocycles. The molecular weight excluding hydrogens is 190 g/mol. The zero-order valence-electron chi connectivity index (χ0n) is 9.71. The average molecular weight is 211 g/mol. The van der Waals surface area contributed by atoms with E-state index >= 15 is 0 Å². The van der Waals surface area contributed by atoms with Gasteiger partial charge in [0.25, 0.3) is 0 Å². The molecule has 2 aliphatic rings. The minimum Gasteiger partial charge on any atom is -0.347 e. The molecular formula is C12H21NO2. The molecule has 0 radical (unpaired) electrons. The summed E-state index contributed by atoms with van der Waals surface area (Å²) >= 11 is 0. The minimum atomic E-state index is -0.366. The summed E-state index contributed by atoms with van der Waals surface area (Å²) in [6.45, 7) is 8.54. The number of ether oxygens (including phenoxy) is 2. The number of hydrogen-bond donors (Lipinski definition) is 1. The Morgan fingerprint density at radius 3 is 2.67 bits per heavy atom. The summed E-state index contributed by atoms with van der Waals surface area (Å²) in [7, 11) is 1.98. The standard InChI is InChI=1S/C12H21NO2/c1-4-10-5-6-12(14-7-8-15-12)11(10,2)9-13-3/h4,10,13H,1,5-9H2,2-3H3/t10-,11+/m0/s1. The molecule has 1 spiro atoms. The van der Waals surface area contributed by atoms with Crippen LogP contribution in [0.15, 0.2) is 12.7 Å². The monoisotopic (exact) mass is 211 g/mol. The van der Waals surface area contributed by atoms with Gasteiger partial charge in [0.1, 0.15) is 0 Å². The zero-order chi connectivity index (χ0) is 10.9. The Bertz CT molecular complexity index is 248. The second-order valence-corrected chi connectivity index (χ2v) is 4.78. The Morgan fingerprint density at radius 1 is 1.47 bits per heavy atom. The van der Waals surface area contributed by atoms with Crippen LogP contribution in [-0.2, 0) is 9.47 Å². The lowest BCUT2D eigenvalue weighted by molar-refractivity contribution is -0.219. The molecule has 2 atom stereocenters. The first-order valence-electron chi connectivity index (χ1n) is 5.73. The third kappa shape index (κ3) is 1.45. The van der Waals surface area contributed by atoms with Crippen molar-refractivity contribution in [2.24, 2.45) is 11.3 Å². The van der Waals surface area contributed by atoms with Crippen molar-refractivity contribution in [3.05, 3.63) is 12.7 Å². The summed E-state index contributed by atoms with van der Waals surface area (Å²) in [6, 6.07) is 0. The summed E-state index contributed by atoms with van der Waals surface area (Å²) in [5, 5.41) is 3.26. The lowest BCUT2D eigenvalue weighted by atomic mass is 9.76. The van der Waals surface area contributed by atoms with E-state index in [2.05, 4.69) is 24.9 Å². The van der Waals surface area contributed by atoms with Crippen molar-refractivity contribution < 1.29 is 9.47 Å². The molecule has 3 nitrogen and oxygen atoms in total. The molecule has 0 unspecified atom stereocenters. The number of hydrogen-bond acceptors (Lipinski definition) is 3. The highest BCUT2D eigenvalue weighted by molar-refractivity contribution is 5.09. The largest absolute Gasteiger partial charge is 0.347 e. The van der Waals surface area contributed by atoms with Crippen LogP contribution in [0.4, 0.5) is 0 Å². The van der Waals surface area contributed by atoms with Crippen molar-refractivity contribution in [2.75, 3.05) is 26.8 Å². The maximum absolute atomic E-state index is 5.89. The third-order valence-electron chi connectivity index (χ3n) is 4.06. The van der Waals surface area contributed by atoms with Crippen LogP contribution in [0.3, 0.4) is 0 Å². The fraction of sp³-hybridized carbons (Fsp3) is 0.833. The smallest absolute Gasteiger partial charge is 0.175 e. The highest BCUT2D eigenvalue weighted by atomic mass is 16.7. The molecule has 0 aromatic carbocycles. The third-order valence-corrected chi connectivity index (χ3v) is 4.06. The first-order valence-corrected chi connectivity index (χ1v) is 5.73. The van der Waals surface area contributed by atoms with Gasteiger partial charge in [0.05, 0.1) is 13.2 Å². The quantitative estimate of drug-likeness (QED) is 0.718. The molecule has 86 valence electrons. The fourth-order valence-electron chi connectivity index (χ4n) is 3.17. The first-order chi connectivity index (χ1) is 7.18. The first kappa shape index (κ1) is 11.1. The Hall–Kier alpha value is -0.380. The SMILES string of the molecule is C=C[C@H]1CCC2(OCCO2)[C@]1(C)CNC. The van der Waals surface area contributed by atoms with Crippen LogP contribution in [0.1, 0.15) is 19.8 Å². The van der Waals surface area contributed by atoms with E-state index in [-0.39, 0.29) is 11.2 Å². The molecule has 0 aromatic heterocycles.